The molecular weight excluding hydrogens is 176 g/mol. The van der Waals surface area contributed by atoms with Crippen LogP contribution in [0.4, 0.5) is 0 Å². The van der Waals surface area contributed by atoms with E-state index in [9.17, 15) is 5.11 Å². The molecule has 0 aromatic rings. The second-order valence-corrected chi connectivity index (χ2v) is 2.54. The molecular formula is C8H12O5. The number of hydrogen-bond acceptors (Lipinski definition) is 5. The summed E-state index contributed by atoms with van der Waals surface area (Å²) in [6.07, 6.45) is 0. The predicted octanol–water partition coefficient (Wildman–Crippen LogP) is -0.615. The lowest BCUT2D eigenvalue weighted by molar-refractivity contribution is -0.611. The van der Waals surface area contributed by atoms with Gasteiger partial charge in [-0.2, -0.15) is 0 Å². The van der Waals surface area contributed by atoms with Crippen LogP contribution in [0.1, 0.15) is 13.8 Å². The number of rotatable bonds is 2. The maximum Gasteiger partial charge on any atom is 0.359 e. The van der Waals surface area contributed by atoms with Crippen LogP contribution in [0, 0.1) is 11.8 Å². The first-order valence-electron chi connectivity index (χ1n) is 3.91. The Bertz CT molecular complexity index is 233. The third-order valence-electron chi connectivity index (χ3n) is 1.38. The number of ether oxygens (including phenoxy) is 3. The van der Waals surface area contributed by atoms with Crippen LogP contribution in [-0.2, 0) is 14.2 Å². The van der Waals surface area contributed by atoms with Gasteiger partial charge in [0.05, 0.1) is 0 Å². The third kappa shape index (κ3) is 2.40. The zero-order valence-corrected chi connectivity index (χ0v) is 7.53. The Kier molecular flexibility index (Phi) is 2.91. The molecule has 0 bridgehead atoms. The molecule has 0 aromatic heterocycles. The highest BCUT2D eigenvalue weighted by atomic mass is 17.1. The molecule has 5 nitrogen and oxygen atoms in total. The van der Waals surface area contributed by atoms with E-state index >= 15 is 0 Å². The van der Waals surface area contributed by atoms with E-state index in [0.717, 1.165) is 0 Å². The molecule has 1 rings (SSSR count). The van der Waals surface area contributed by atoms with E-state index in [1.165, 1.54) is 6.92 Å². The molecule has 2 N–H and O–H groups in total. The first-order chi connectivity index (χ1) is 6.04. The summed E-state index contributed by atoms with van der Waals surface area (Å²) in [6, 6.07) is 0. The Labute approximate surface area is 76.2 Å². The standard InChI is InChI=1S/C8H12O5/c1-3-11-7(2)12-8(10,13-7)5-4-6-9/h9-10H,3,6H2,1-2H3. The van der Waals surface area contributed by atoms with Crippen molar-refractivity contribution in [2.75, 3.05) is 13.2 Å². The van der Waals surface area contributed by atoms with Crippen LogP contribution in [0.2, 0.25) is 0 Å². The van der Waals surface area contributed by atoms with Crippen LogP contribution in [-0.4, -0.2) is 35.4 Å². The van der Waals surface area contributed by atoms with Crippen LogP contribution < -0.4 is 0 Å². The van der Waals surface area contributed by atoms with Gasteiger partial charge >= 0.3 is 5.97 Å². The first-order valence-corrected chi connectivity index (χ1v) is 3.91. The zero-order chi connectivity index (χ0) is 9.95. The van der Waals surface area contributed by atoms with Crippen molar-refractivity contribution >= 4 is 0 Å². The molecule has 1 aliphatic heterocycles. The van der Waals surface area contributed by atoms with Gasteiger partial charge < -0.3 is 14.9 Å². The topological polar surface area (TPSA) is 68.2 Å². The summed E-state index contributed by atoms with van der Waals surface area (Å²) in [5, 5.41) is 17.6. The normalized spacial score (nSPS) is 37.5. The molecule has 1 saturated heterocycles. The van der Waals surface area contributed by atoms with Crippen LogP contribution in [0.3, 0.4) is 0 Å². The molecule has 0 aliphatic carbocycles. The van der Waals surface area contributed by atoms with E-state index in [-0.39, 0.29) is 6.61 Å². The summed E-state index contributed by atoms with van der Waals surface area (Å²) >= 11 is 0. The van der Waals surface area contributed by atoms with Crippen molar-refractivity contribution in [1.29, 1.82) is 0 Å². The summed E-state index contributed by atoms with van der Waals surface area (Å²) in [7, 11) is 0. The summed E-state index contributed by atoms with van der Waals surface area (Å²) in [5.41, 5.74) is 0. The summed E-state index contributed by atoms with van der Waals surface area (Å²) in [4.78, 5) is 0. The van der Waals surface area contributed by atoms with Crippen molar-refractivity contribution in [2.24, 2.45) is 0 Å². The SMILES string of the molecule is CCOC1(C)OC(O)(C#CCO)O1. The van der Waals surface area contributed by atoms with Crippen molar-refractivity contribution < 1.29 is 24.4 Å². The Morgan fingerprint density at radius 1 is 1.46 bits per heavy atom. The van der Waals surface area contributed by atoms with Crippen molar-refractivity contribution in [3.05, 3.63) is 0 Å². The molecule has 0 amide bonds. The third-order valence-corrected chi connectivity index (χ3v) is 1.38. The highest BCUT2D eigenvalue weighted by Crippen LogP contribution is 2.36. The van der Waals surface area contributed by atoms with Crippen LogP contribution in [0.25, 0.3) is 0 Å². The Morgan fingerprint density at radius 2 is 2.08 bits per heavy atom. The van der Waals surface area contributed by atoms with Gasteiger partial charge in [-0.05, 0) is 12.8 Å². The molecule has 1 fully saturated rings. The molecule has 13 heavy (non-hydrogen) atoms. The average molecular weight is 188 g/mol. The van der Waals surface area contributed by atoms with E-state index in [1.807, 2.05) is 0 Å². The van der Waals surface area contributed by atoms with Crippen molar-refractivity contribution in [1.82, 2.24) is 0 Å². The molecule has 5 heteroatoms. The van der Waals surface area contributed by atoms with Gasteiger partial charge in [0, 0.05) is 13.5 Å². The average Bonchev–Trinajstić information content (AvgIpc) is 1.98. The minimum atomic E-state index is -1.94. The van der Waals surface area contributed by atoms with Crippen LogP contribution in [0.5, 0.6) is 0 Å². The van der Waals surface area contributed by atoms with E-state index in [0.29, 0.717) is 6.61 Å². The van der Waals surface area contributed by atoms with E-state index in [1.54, 1.807) is 6.92 Å². The van der Waals surface area contributed by atoms with E-state index in [2.05, 4.69) is 11.8 Å². The van der Waals surface area contributed by atoms with Crippen molar-refractivity contribution in [3.63, 3.8) is 0 Å². The van der Waals surface area contributed by atoms with Crippen molar-refractivity contribution in [3.8, 4) is 11.8 Å². The Hall–Kier alpha value is -0.640. The minimum absolute atomic E-state index is 0.361. The fraction of sp³-hybridized carbons (Fsp3) is 0.750. The van der Waals surface area contributed by atoms with E-state index < -0.39 is 11.9 Å². The second-order valence-electron chi connectivity index (χ2n) is 2.54. The maximum absolute atomic E-state index is 9.29. The molecule has 0 saturated carbocycles. The molecule has 0 aromatic carbocycles. The summed E-state index contributed by atoms with van der Waals surface area (Å²) in [5.74, 6) is 1.24. The summed E-state index contributed by atoms with van der Waals surface area (Å²) in [6.45, 7) is 3.33. The summed E-state index contributed by atoms with van der Waals surface area (Å²) < 4.78 is 14.8. The molecule has 0 atom stereocenters. The quantitative estimate of drug-likeness (QED) is 0.565. The lowest BCUT2D eigenvalue weighted by Gasteiger charge is -2.46. The lowest BCUT2D eigenvalue weighted by atomic mass is 10.4. The van der Waals surface area contributed by atoms with Gasteiger partial charge in [-0.25, -0.2) is 0 Å². The monoisotopic (exact) mass is 188 g/mol. The number of hydrogen-bond donors (Lipinski definition) is 2. The van der Waals surface area contributed by atoms with Crippen molar-refractivity contribution in [2.45, 2.75) is 25.8 Å². The lowest BCUT2D eigenvalue weighted by Crippen LogP contribution is -2.61. The molecule has 0 unspecified atom stereocenters. The molecule has 0 radical (unpaired) electrons. The highest BCUT2D eigenvalue weighted by molar-refractivity contribution is 5.08. The zero-order valence-electron chi connectivity index (χ0n) is 7.53. The second kappa shape index (κ2) is 3.62. The molecule has 1 heterocycles. The fourth-order valence-electron chi connectivity index (χ4n) is 1.03. The molecule has 1 aliphatic rings. The van der Waals surface area contributed by atoms with Gasteiger partial charge in [-0.1, -0.05) is 5.92 Å². The minimum Gasteiger partial charge on any atom is -0.384 e. The van der Waals surface area contributed by atoms with Gasteiger partial charge in [-0.3, -0.25) is 9.47 Å². The Morgan fingerprint density at radius 3 is 2.54 bits per heavy atom. The van der Waals surface area contributed by atoms with Crippen LogP contribution in [0.15, 0.2) is 0 Å². The number of aliphatic hydroxyl groups excluding tert-OH is 1. The van der Waals surface area contributed by atoms with Gasteiger partial charge in [0.1, 0.15) is 6.61 Å². The van der Waals surface area contributed by atoms with Gasteiger partial charge in [0.15, 0.2) is 0 Å². The van der Waals surface area contributed by atoms with Gasteiger partial charge in [0.25, 0.3) is 5.97 Å². The number of aliphatic hydroxyl groups is 2. The van der Waals surface area contributed by atoms with Gasteiger partial charge in [-0.15, -0.1) is 0 Å². The van der Waals surface area contributed by atoms with Crippen LogP contribution >= 0.6 is 0 Å². The maximum atomic E-state index is 9.29. The first kappa shape index (κ1) is 10.4. The fourth-order valence-corrected chi connectivity index (χ4v) is 1.03. The largest absolute Gasteiger partial charge is 0.384 e. The van der Waals surface area contributed by atoms with Gasteiger partial charge in [0.2, 0.25) is 0 Å². The predicted molar refractivity (Wildman–Crippen MR) is 42.0 cm³/mol. The Balaban J connectivity index is 2.46. The highest BCUT2D eigenvalue weighted by Gasteiger charge is 2.55. The molecule has 0 spiro atoms. The molecule has 74 valence electrons. The van der Waals surface area contributed by atoms with E-state index in [4.69, 9.17) is 19.3 Å². The smallest absolute Gasteiger partial charge is 0.359 e.